The molecule has 0 saturated heterocycles. The van der Waals surface area contributed by atoms with Crippen molar-refractivity contribution < 1.29 is 0 Å². The molecule has 3 fully saturated rings. The van der Waals surface area contributed by atoms with Crippen LogP contribution in [0.1, 0.15) is 44.9 Å². The van der Waals surface area contributed by atoms with Gasteiger partial charge < -0.3 is 11.1 Å². The van der Waals surface area contributed by atoms with E-state index in [0.29, 0.717) is 6.04 Å². The summed E-state index contributed by atoms with van der Waals surface area (Å²) in [5.74, 6) is 3.70. The quantitative estimate of drug-likeness (QED) is 0.676. The fourth-order valence-electron chi connectivity index (χ4n) is 3.95. The normalized spacial score (nSPS) is 41.8. The zero-order valence-electron chi connectivity index (χ0n) is 10.3. The first-order valence-electron chi connectivity index (χ1n) is 7.31. The highest BCUT2D eigenvalue weighted by Gasteiger charge is 2.45. The van der Waals surface area contributed by atoms with E-state index in [0.717, 1.165) is 23.7 Å². The van der Waals surface area contributed by atoms with Crippen molar-refractivity contribution in [2.24, 2.45) is 29.4 Å². The van der Waals surface area contributed by atoms with Gasteiger partial charge in [-0.25, -0.2) is 0 Å². The smallest absolute Gasteiger partial charge is 0.0110 e. The van der Waals surface area contributed by atoms with Crippen molar-refractivity contribution in [1.82, 2.24) is 5.32 Å². The molecule has 0 heterocycles. The van der Waals surface area contributed by atoms with Crippen LogP contribution in [0.4, 0.5) is 0 Å². The average Bonchev–Trinajstić information content (AvgIpc) is 2.90. The number of rotatable bonds is 6. The van der Waals surface area contributed by atoms with E-state index >= 15 is 0 Å². The first-order valence-corrected chi connectivity index (χ1v) is 7.31. The predicted octanol–water partition coefficient (Wildman–Crippen LogP) is 2.14. The lowest BCUT2D eigenvalue weighted by atomic mass is 9.85. The Hall–Kier alpha value is -0.0800. The number of hydrogen-bond acceptors (Lipinski definition) is 2. The lowest BCUT2D eigenvalue weighted by Crippen LogP contribution is -2.41. The first-order chi connectivity index (χ1) is 7.84. The SMILES string of the molecule is NC1C2CCC(C2)C1CNCCCC1CC1. The van der Waals surface area contributed by atoms with Gasteiger partial charge in [0.2, 0.25) is 0 Å². The van der Waals surface area contributed by atoms with E-state index < -0.39 is 0 Å². The summed E-state index contributed by atoms with van der Waals surface area (Å²) in [6.45, 7) is 2.41. The Morgan fingerprint density at radius 1 is 1.06 bits per heavy atom. The minimum Gasteiger partial charge on any atom is -0.327 e. The fraction of sp³-hybridized carbons (Fsp3) is 1.00. The van der Waals surface area contributed by atoms with Crippen molar-refractivity contribution in [3.8, 4) is 0 Å². The van der Waals surface area contributed by atoms with Gasteiger partial charge >= 0.3 is 0 Å². The number of nitrogens with one attached hydrogen (secondary N) is 1. The first kappa shape index (κ1) is 11.0. The van der Waals surface area contributed by atoms with Crippen LogP contribution in [0, 0.1) is 23.7 Å². The Morgan fingerprint density at radius 3 is 2.56 bits per heavy atom. The summed E-state index contributed by atoms with van der Waals surface area (Å²) < 4.78 is 0. The third-order valence-corrected chi connectivity index (χ3v) is 5.20. The molecular weight excluding hydrogens is 196 g/mol. The summed E-state index contributed by atoms with van der Waals surface area (Å²) in [5, 5.41) is 3.65. The van der Waals surface area contributed by atoms with E-state index in [-0.39, 0.29) is 0 Å². The van der Waals surface area contributed by atoms with E-state index in [9.17, 15) is 0 Å². The molecule has 3 N–H and O–H groups in total. The van der Waals surface area contributed by atoms with Gasteiger partial charge in [-0.2, -0.15) is 0 Å². The van der Waals surface area contributed by atoms with Gasteiger partial charge in [-0.3, -0.25) is 0 Å². The predicted molar refractivity (Wildman–Crippen MR) is 67.1 cm³/mol. The Morgan fingerprint density at radius 2 is 1.88 bits per heavy atom. The van der Waals surface area contributed by atoms with Gasteiger partial charge in [0.15, 0.2) is 0 Å². The molecule has 2 nitrogen and oxygen atoms in total. The van der Waals surface area contributed by atoms with Crippen LogP contribution in [0.2, 0.25) is 0 Å². The standard InChI is InChI=1S/C14H26N2/c15-14-12-6-5-11(8-12)13(14)9-16-7-1-2-10-3-4-10/h10-14,16H,1-9,15H2. The third kappa shape index (κ3) is 2.28. The van der Waals surface area contributed by atoms with Gasteiger partial charge in [0, 0.05) is 6.04 Å². The Balaban J connectivity index is 1.32. The van der Waals surface area contributed by atoms with E-state index in [1.807, 2.05) is 0 Å². The molecule has 3 aliphatic rings. The molecule has 92 valence electrons. The van der Waals surface area contributed by atoms with Gasteiger partial charge in [0.1, 0.15) is 0 Å². The number of hydrogen-bond donors (Lipinski definition) is 2. The highest BCUT2D eigenvalue weighted by atomic mass is 14.9. The van der Waals surface area contributed by atoms with Crippen LogP contribution >= 0.6 is 0 Å². The Labute approximate surface area is 99.4 Å². The van der Waals surface area contributed by atoms with Crippen molar-refractivity contribution in [2.45, 2.75) is 51.0 Å². The molecule has 3 aliphatic carbocycles. The molecule has 2 heteroatoms. The summed E-state index contributed by atoms with van der Waals surface area (Å²) in [6.07, 6.45) is 10.1. The molecule has 3 saturated carbocycles. The maximum absolute atomic E-state index is 6.30. The van der Waals surface area contributed by atoms with Gasteiger partial charge in [0.05, 0.1) is 0 Å². The second kappa shape index (κ2) is 4.66. The van der Waals surface area contributed by atoms with Crippen molar-refractivity contribution >= 4 is 0 Å². The highest BCUT2D eigenvalue weighted by Crippen LogP contribution is 2.47. The van der Waals surface area contributed by atoms with Crippen molar-refractivity contribution in [3.05, 3.63) is 0 Å². The van der Waals surface area contributed by atoms with Crippen LogP contribution in [0.5, 0.6) is 0 Å². The van der Waals surface area contributed by atoms with E-state index in [1.54, 1.807) is 0 Å². The molecule has 0 aliphatic heterocycles. The molecule has 0 spiro atoms. The molecule has 0 aromatic rings. The Kier molecular flexibility index (Phi) is 3.21. The van der Waals surface area contributed by atoms with Crippen LogP contribution in [-0.2, 0) is 0 Å². The molecular formula is C14H26N2. The topological polar surface area (TPSA) is 38.0 Å². The van der Waals surface area contributed by atoms with Gasteiger partial charge in [-0.15, -0.1) is 0 Å². The second-order valence-electron chi connectivity index (χ2n) is 6.36. The third-order valence-electron chi connectivity index (χ3n) is 5.20. The maximum Gasteiger partial charge on any atom is 0.0110 e. The minimum atomic E-state index is 0.509. The van der Waals surface area contributed by atoms with Crippen LogP contribution in [0.3, 0.4) is 0 Å². The van der Waals surface area contributed by atoms with Gasteiger partial charge in [0.25, 0.3) is 0 Å². The molecule has 0 radical (unpaired) electrons. The van der Waals surface area contributed by atoms with Crippen LogP contribution in [0.25, 0.3) is 0 Å². The van der Waals surface area contributed by atoms with Crippen LogP contribution in [-0.4, -0.2) is 19.1 Å². The zero-order chi connectivity index (χ0) is 11.0. The van der Waals surface area contributed by atoms with E-state index in [4.69, 9.17) is 5.73 Å². The lowest BCUT2D eigenvalue weighted by Gasteiger charge is -2.28. The van der Waals surface area contributed by atoms with Crippen molar-refractivity contribution in [3.63, 3.8) is 0 Å². The second-order valence-corrected chi connectivity index (χ2v) is 6.36. The average molecular weight is 222 g/mol. The molecule has 4 atom stereocenters. The van der Waals surface area contributed by atoms with E-state index in [2.05, 4.69) is 5.32 Å². The molecule has 3 rings (SSSR count). The van der Waals surface area contributed by atoms with Crippen molar-refractivity contribution in [2.75, 3.05) is 13.1 Å². The maximum atomic E-state index is 6.30. The summed E-state index contributed by atoms with van der Waals surface area (Å²) in [5.41, 5.74) is 6.30. The molecule has 4 unspecified atom stereocenters. The van der Waals surface area contributed by atoms with E-state index in [1.165, 1.54) is 58.0 Å². The van der Waals surface area contributed by atoms with Crippen molar-refractivity contribution in [1.29, 1.82) is 0 Å². The number of fused-ring (bicyclic) bond motifs is 2. The van der Waals surface area contributed by atoms with Gasteiger partial charge in [-0.1, -0.05) is 12.8 Å². The molecule has 2 bridgehead atoms. The largest absolute Gasteiger partial charge is 0.327 e. The van der Waals surface area contributed by atoms with Gasteiger partial charge in [-0.05, 0) is 68.9 Å². The summed E-state index contributed by atoms with van der Waals surface area (Å²) in [4.78, 5) is 0. The molecule has 16 heavy (non-hydrogen) atoms. The zero-order valence-corrected chi connectivity index (χ0v) is 10.3. The lowest BCUT2D eigenvalue weighted by molar-refractivity contribution is 0.278. The minimum absolute atomic E-state index is 0.509. The molecule has 0 amide bonds. The molecule has 0 aromatic heterocycles. The summed E-state index contributed by atoms with van der Waals surface area (Å²) in [7, 11) is 0. The Bertz CT molecular complexity index is 235. The summed E-state index contributed by atoms with van der Waals surface area (Å²) in [6, 6.07) is 0.509. The fourth-order valence-corrected chi connectivity index (χ4v) is 3.95. The number of nitrogens with two attached hydrogens (primary N) is 1. The van der Waals surface area contributed by atoms with Crippen LogP contribution in [0.15, 0.2) is 0 Å². The monoisotopic (exact) mass is 222 g/mol. The van der Waals surface area contributed by atoms with Crippen LogP contribution < -0.4 is 11.1 Å². The highest BCUT2D eigenvalue weighted by molar-refractivity contribution is 4.99. The summed E-state index contributed by atoms with van der Waals surface area (Å²) >= 11 is 0. The molecule has 0 aromatic carbocycles.